The molecule has 0 aromatic carbocycles. The van der Waals surface area contributed by atoms with E-state index in [2.05, 4.69) is 13.8 Å². The normalized spacial score (nSPS) is 18.4. The Bertz CT molecular complexity index is 589. The molecule has 1 rings (SSSR count). The van der Waals surface area contributed by atoms with E-state index in [4.69, 9.17) is 9.47 Å². The molecule has 0 saturated carbocycles. The van der Waals surface area contributed by atoms with Crippen LogP contribution in [-0.2, 0) is 19.1 Å². The Hall–Kier alpha value is -1.32. The van der Waals surface area contributed by atoms with Crippen LogP contribution in [-0.4, -0.2) is 24.1 Å². The Labute approximate surface area is 248 Å². The molecule has 0 aliphatic heterocycles. The molecule has 0 saturated heterocycles. The van der Waals surface area contributed by atoms with E-state index in [1.807, 2.05) is 26.0 Å². The molecule has 40 heavy (non-hydrogen) atoms. The van der Waals surface area contributed by atoms with Crippen molar-refractivity contribution < 1.29 is 19.1 Å². The van der Waals surface area contributed by atoms with Gasteiger partial charge in [-0.15, -0.1) is 0 Å². The van der Waals surface area contributed by atoms with Gasteiger partial charge in [-0.25, -0.2) is 0 Å². The van der Waals surface area contributed by atoms with Crippen molar-refractivity contribution in [2.75, 3.05) is 0 Å². The summed E-state index contributed by atoms with van der Waals surface area (Å²) in [6.07, 6.45) is 32.8. The van der Waals surface area contributed by atoms with E-state index >= 15 is 0 Å². The van der Waals surface area contributed by atoms with Crippen molar-refractivity contribution in [3.63, 3.8) is 0 Å². The zero-order valence-electron chi connectivity index (χ0n) is 27.1. The standard InChI is InChI=1S/C36H66O4/c1-5-7-9-11-13-15-17-19-21-23-27-31(3)39-35(37)33-29-25-26-30-34(33)36(38)40-32(4)28-24-22-20-18-16-14-12-10-8-6-2/h25-26,31-34H,5-24,27-30H2,1-4H3. The van der Waals surface area contributed by atoms with Gasteiger partial charge < -0.3 is 9.47 Å². The van der Waals surface area contributed by atoms with Crippen LogP contribution in [0.15, 0.2) is 12.2 Å². The van der Waals surface area contributed by atoms with Gasteiger partial charge in [0.1, 0.15) is 0 Å². The molecule has 0 N–H and O–H groups in total. The first-order valence-electron chi connectivity index (χ1n) is 17.6. The molecule has 1 aliphatic rings. The van der Waals surface area contributed by atoms with Crippen molar-refractivity contribution >= 4 is 11.9 Å². The number of ether oxygens (including phenoxy) is 2. The fraction of sp³-hybridized carbons (Fsp3) is 0.889. The highest BCUT2D eigenvalue weighted by molar-refractivity contribution is 5.83. The Kier molecular flexibility index (Phi) is 23.3. The molecule has 0 radical (unpaired) electrons. The molecular weight excluding hydrogens is 496 g/mol. The quantitative estimate of drug-likeness (QED) is 0.0597. The third-order valence-electron chi connectivity index (χ3n) is 8.60. The summed E-state index contributed by atoms with van der Waals surface area (Å²) in [5.74, 6) is -1.30. The van der Waals surface area contributed by atoms with Gasteiger partial charge in [0.15, 0.2) is 0 Å². The van der Waals surface area contributed by atoms with E-state index in [0.717, 1.165) is 25.7 Å². The smallest absolute Gasteiger partial charge is 0.310 e. The number of hydrogen-bond donors (Lipinski definition) is 0. The van der Waals surface area contributed by atoms with Gasteiger partial charge in [0.25, 0.3) is 0 Å². The van der Waals surface area contributed by atoms with E-state index in [0.29, 0.717) is 12.8 Å². The molecule has 234 valence electrons. The van der Waals surface area contributed by atoms with Crippen molar-refractivity contribution in [3.8, 4) is 0 Å². The van der Waals surface area contributed by atoms with Gasteiger partial charge in [0, 0.05) is 0 Å². The van der Waals surface area contributed by atoms with Crippen molar-refractivity contribution in [1.29, 1.82) is 0 Å². The maximum Gasteiger partial charge on any atom is 0.310 e. The molecule has 0 bridgehead atoms. The molecule has 4 heteroatoms. The first-order valence-corrected chi connectivity index (χ1v) is 17.6. The zero-order chi connectivity index (χ0) is 29.3. The lowest BCUT2D eigenvalue weighted by Crippen LogP contribution is -2.36. The van der Waals surface area contributed by atoms with Gasteiger partial charge in [0.05, 0.1) is 24.0 Å². The van der Waals surface area contributed by atoms with Gasteiger partial charge in [-0.1, -0.05) is 142 Å². The van der Waals surface area contributed by atoms with Gasteiger partial charge in [-0.05, 0) is 52.4 Å². The highest BCUT2D eigenvalue weighted by atomic mass is 16.6. The number of unbranched alkanes of at least 4 members (excludes halogenated alkanes) is 18. The molecule has 0 spiro atoms. The van der Waals surface area contributed by atoms with Gasteiger partial charge in [-0.3, -0.25) is 9.59 Å². The third-order valence-corrected chi connectivity index (χ3v) is 8.60. The predicted octanol–water partition coefficient (Wildman–Crippen LogP) is 11.1. The maximum atomic E-state index is 13.0. The minimum atomic E-state index is -0.419. The van der Waals surface area contributed by atoms with Crippen LogP contribution < -0.4 is 0 Å². The lowest BCUT2D eigenvalue weighted by molar-refractivity contribution is -0.166. The monoisotopic (exact) mass is 562 g/mol. The van der Waals surface area contributed by atoms with Crippen molar-refractivity contribution in [1.82, 2.24) is 0 Å². The molecule has 0 heterocycles. The van der Waals surface area contributed by atoms with Crippen LogP contribution in [0.3, 0.4) is 0 Å². The Morgan fingerprint density at radius 3 is 1.10 bits per heavy atom. The average Bonchev–Trinajstić information content (AvgIpc) is 2.95. The molecule has 4 nitrogen and oxygen atoms in total. The van der Waals surface area contributed by atoms with E-state index < -0.39 is 11.8 Å². The van der Waals surface area contributed by atoms with Crippen LogP contribution in [0.5, 0.6) is 0 Å². The van der Waals surface area contributed by atoms with Gasteiger partial charge >= 0.3 is 11.9 Å². The molecule has 0 aromatic heterocycles. The molecule has 1 aliphatic carbocycles. The number of esters is 2. The summed E-state index contributed by atoms with van der Waals surface area (Å²) in [5, 5.41) is 0. The molecule has 4 atom stereocenters. The first-order chi connectivity index (χ1) is 19.5. The van der Waals surface area contributed by atoms with Gasteiger partial charge in [0.2, 0.25) is 0 Å². The highest BCUT2D eigenvalue weighted by Gasteiger charge is 2.37. The van der Waals surface area contributed by atoms with Crippen LogP contribution >= 0.6 is 0 Å². The molecule has 0 amide bonds. The minimum absolute atomic E-state index is 0.0978. The first kappa shape index (κ1) is 36.7. The minimum Gasteiger partial charge on any atom is -0.462 e. The van der Waals surface area contributed by atoms with E-state index in [9.17, 15) is 9.59 Å². The molecular formula is C36H66O4. The number of carbonyl (C=O) groups excluding carboxylic acids is 2. The molecule has 0 aromatic rings. The summed E-state index contributed by atoms with van der Waals surface area (Å²) in [5.41, 5.74) is 0. The molecule has 0 fully saturated rings. The summed E-state index contributed by atoms with van der Waals surface area (Å²) in [4.78, 5) is 26.0. The van der Waals surface area contributed by atoms with E-state index in [1.54, 1.807) is 0 Å². The average molecular weight is 563 g/mol. The lowest BCUT2D eigenvalue weighted by atomic mass is 9.83. The SMILES string of the molecule is CCCCCCCCCCCCC(C)OC(=O)C1CC=CCC1C(=O)OC(C)CCCCCCCCCCCC. The fourth-order valence-electron chi connectivity index (χ4n) is 5.86. The second kappa shape index (κ2) is 25.4. The lowest BCUT2D eigenvalue weighted by Gasteiger charge is -2.28. The predicted molar refractivity (Wildman–Crippen MR) is 169 cm³/mol. The van der Waals surface area contributed by atoms with Crippen LogP contribution in [0.4, 0.5) is 0 Å². The summed E-state index contributed by atoms with van der Waals surface area (Å²) in [6, 6.07) is 0. The van der Waals surface area contributed by atoms with Crippen LogP contribution in [0.25, 0.3) is 0 Å². The number of rotatable bonds is 26. The topological polar surface area (TPSA) is 52.6 Å². The Balaban J connectivity index is 2.20. The van der Waals surface area contributed by atoms with E-state index in [1.165, 1.54) is 116 Å². The van der Waals surface area contributed by atoms with Crippen molar-refractivity contribution in [2.24, 2.45) is 11.8 Å². The van der Waals surface area contributed by atoms with Crippen LogP contribution in [0.1, 0.15) is 182 Å². The largest absolute Gasteiger partial charge is 0.462 e. The zero-order valence-corrected chi connectivity index (χ0v) is 27.1. The second-order valence-electron chi connectivity index (χ2n) is 12.6. The summed E-state index contributed by atoms with van der Waals surface area (Å²) in [7, 11) is 0. The number of carbonyl (C=O) groups is 2. The highest BCUT2D eigenvalue weighted by Crippen LogP contribution is 2.29. The van der Waals surface area contributed by atoms with Crippen LogP contribution in [0, 0.1) is 11.8 Å². The number of hydrogen-bond acceptors (Lipinski definition) is 4. The summed E-state index contributed by atoms with van der Waals surface area (Å²) >= 11 is 0. The van der Waals surface area contributed by atoms with Gasteiger partial charge in [-0.2, -0.15) is 0 Å². The van der Waals surface area contributed by atoms with Crippen molar-refractivity contribution in [3.05, 3.63) is 12.2 Å². The summed E-state index contributed by atoms with van der Waals surface area (Å²) < 4.78 is 11.6. The number of allylic oxidation sites excluding steroid dienone is 2. The third kappa shape index (κ3) is 18.9. The Morgan fingerprint density at radius 2 is 0.800 bits per heavy atom. The second-order valence-corrected chi connectivity index (χ2v) is 12.6. The summed E-state index contributed by atoms with van der Waals surface area (Å²) in [6.45, 7) is 8.51. The van der Waals surface area contributed by atoms with Crippen LogP contribution in [0.2, 0.25) is 0 Å². The van der Waals surface area contributed by atoms with Crippen molar-refractivity contribution in [2.45, 2.75) is 194 Å². The Morgan fingerprint density at radius 1 is 0.525 bits per heavy atom. The fourth-order valence-corrected chi connectivity index (χ4v) is 5.86. The molecule has 4 unspecified atom stereocenters. The van der Waals surface area contributed by atoms with E-state index in [-0.39, 0.29) is 24.1 Å². The maximum absolute atomic E-state index is 13.0.